The summed E-state index contributed by atoms with van der Waals surface area (Å²) < 4.78 is 9.89. The zero-order chi connectivity index (χ0) is 19.7. The van der Waals surface area contributed by atoms with E-state index in [2.05, 4.69) is 14.7 Å². The molecule has 2 aromatic heterocycles. The summed E-state index contributed by atoms with van der Waals surface area (Å²) in [6.07, 6.45) is 4.13. The molecule has 0 atom stereocenters. The number of thiophene rings is 1. The van der Waals surface area contributed by atoms with E-state index in [1.165, 1.54) is 36.3 Å². The van der Waals surface area contributed by atoms with Crippen molar-refractivity contribution in [3.05, 3.63) is 62.0 Å². The first-order chi connectivity index (χ1) is 13.6. The van der Waals surface area contributed by atoms with Gasteiger partial charge in [-0.2, -0.15) is 0 Å². The Morgan fingerprint density at radius 2 is 1.79 bits per heavy atom. The Hall–Kier alpha value is -3.00. The van der Waals surface area contributed by atoms with Crippen molar-refractivity contribution in [2.45, 2.75) is 32.3 Å². The lowest BCUT2D eigenvalue weighted by Gasteiger charge is -2.09. The number of fused-ring (bicyclic) bond motifs is 3. The first-order valence-corrected chi connectivity index (χ1v) is 9.77. The molecule has 0 bridgehead atoms. The van der Waals surface area contributed by atoms with Crippen LogP contribution < -0.4 is 5.56 Å². The number of carbonyl (C=O) groups excluding carboxylic acids is 2. The Balaban J connectivity index is 1.50. The fourth-order valence-electron chi connectivity index (χ4n) is 3.35. The second-order valence-corrected chi connectivity index (χ2v) is 7.63. The molecule has 2 heterocycles. The van der Waals surface area contributed by atoms with Crippen molar-refractivity contribution in [1.82, 2.24) is 9.97 Å². The molecule has 0 amide bonds. The lowest BCUT2D eigenvalue weighted by molar-refractivity contribution is 0.0461. The molecule has 8 heteroatoms. The summed E-state index contributed by atoms with van der Waals surface area (Å²) in [7, 11) is 1.29. The maximum atomic E-state index is 12.5. The Labute approximate surface area is 164 Å². The minimum Gasteiger partial charge on any atom is -0.465 e. The summed E-state index contributed by atoms with van der Waals surface area (Å²) in [5, 5.41) is 0.674. The van der Waals surface area contributed by atoms with Crippen LogP contribution in [0, 0.1) is 0 Å². The highest BCUT2D eigenvalue weighted by molar-refractivity contribution is 7.18. The second-order valence-electron chi connectivity index (χ2n) is 6.55. The minimum atomic E-state index is -0.565. The maximum absolute atomic E-state index is 12.5. The molecule has 4 rings (SSSR count). The number of nitrogens with zero attached hydrogens (tertiary/aromatic N) is 1. The number of aromatic nitrogens is 2. The Bertz CT molecular complexity index is 1110. The van der Waals surface area contributed by atoms with Gasteiger partial charge < -0.3 is 14.5 Å². The third kappa shape index (κ3) is 3.43. The molecule has 0 radical (unpaired) electrons. The molecule has 144 valence electrons. The third-order valence-corrected chi connectivity index (χ3v) is 5.94. The summed E-state index contributed by atoms with van der Waals surface area (Å²) in [5.74, 6) is -0.728. The number of ether oxygens (including phenoxy) is 2. The molecule has 0 saturated heterocycles. The van der Waals surface area contributed by atoms with Crippen LogP contribution in [0.1, 0.15) is 49.8 Å². The molecule has 1 aromatic carbocycles. The minimum absolute atomic E-state index is 0.134. The number of H-pyrrole nitrogens is 1. The van der Waals surface area contributed by atoms with Gasteiger partial charge in [-0.1, -0.05) is 0 Å². The number of aryl methyl sites for hydroxylation is 2. The number of methoxy groups -OCH3 is 1. The number of hydrogen-bond acceptors (Lipinski definition) is 7. The molecule has 0 fully saturated rings. The fraction of sp³-hybridized carbons (Fsp3) is 0.300. The van der Waals surface area contributed by atoms with Crippen molar-refractivity contribution >= 4 is 33.5 Å². The number of carbonyl (C=O) groups is 2. The molecular formula is C20H18N2O5S. The van der Waals surface area contributed by atoms with Gasteiger partial charge in [-0.25, -0.2) is 14.6 Å². The van der Waals surface area contributed by atoms with Crippen molar-refractivity contribution in [3.8, 4) is 0 Å². The van der Waals surface area contributed by atoms with Crippen LogP contribution in [0.3, 0.4) is 0 Å². The number of esters is 2. The zero-order valence-corrected chi connectivity index (χ0v) is 16.1. The number of nitrogens with one attached hydrogen (secondary N) is 1. The van der Waals surface area contributed by atoms with E-state index < -0.39 is 11.9 Å². The lowest BCUT2D eigenvalue weighted by atomic mass is 9.97. The van der Waals surface area contributed by atoms with Gasteiger partial charge in [0.25, 0.3) is 5.56 Å². The second kappa shape index (κ2) is 7.55. The maximum Gasteiger partial charge on any atom is 0.338 e. The monoisotopic (exact) mass is 398 g/mol. The molecule has 0 aliphatic heterocycles. The molecule has 7 nitrogen and oxygen atoms in total. The summed E-state index contributed by atoms with van der Waals surface area (Å²) in [6, 6.07) is 5.96. The van der Waals surface area contributed by atoms with Crippen LogP contribution >= 0.6 is 11.3 Å². The number of aromatic amines is 1. The summed E-state index contributed by atoms with van der Waals surface area (Å²) in [6.45, 7) is -0.134. The smallest absolute Gasteiger partial charge is 0.338 e. The molecule has 0 saturated carbocycles. The predicted octanol–water partition coefficient (Wildman–Crippen LogP) is 3.01. The summed E-state index contributed by atoms with van der Waals surface area (Å²) in [4.78, 5) is 45.3. The Morgan fingerprint density at radius 3 is 2.50 bits per heavy atom. The Morgan fingerprint density at radius 1 is 1.11 bits per heavy atom. The molecular weight excluding hydrogens is 380 g/mol. The number of rotatable bonds is 4. The molecule has 1 aliphatic rings. The van der Waals surface area contributed by atoms with Crippen LogP contribution in [0.15, 0.2) is 29.1 Å². The lowest BCUT2D eigenvalue weighted by Crippen LogP contribution is -2.15. The van der Waals surface area contributed by atoms with E-state index in [0.29, 0.717) is 27.2 Å². The average molecular weight is 398 g/mol. The first-order valence-electron chi connectivity index (χ1n) is 8.96. The van der Waals surface area contributed by atoms with Gasteiger partial charge in [-0.15, -0.1) is 11.3 Å². The van der Waals surface area contributed by atoms with E-state index in [4.69, 9.17) is 4.74 Å². The van der Waals surface area contributed by atoms with Crippen LogP contribution in [-0.2, 0) is 28.9 Å². The van der Waals surface area contributed by atoms with E-state index in [0.717, 1.165) is 31.2 Å². The molecule has 0 spiro atoms. The van der Waals surface area contributed by atoms with Crippen LogP contribution in [-0.4, -0.2) is 29.0 Å². The van der Waals surface area contributed by atoms with Crippen LogP contribution in [0.2, 0.25) is 0 Å². The SMILES string of the molecule is COC(=O)c1ccc(C(=O)OCc2nc3sc4c(c3c(=O)[nH]2)CCCC4)cc1. The molecule has 3 aromatic rings. The Kier molecular flexibility index (Phi) is 4.95. The first kappa shape index (κ1) is 18.4. The molecule has 0 unspecified atom stereocenters. The summed E-state index contributed by atoms with van der Waals surface area (Å²) in [5.41, 5.74) is 1.58. The van der Waals surface area contributed by atoms with E-state index in [9.17, 15) is 14.4 Å². The van der Waals surface area contributed by atoms with Gasteiger partial charge in [0.15, 0.2) is 0 Å². The fourth-order valence-corrected chi connectivity index (χ4v) is 4.64. The van der Waals surface area contributed by atoms with Gasteiger partial charge in [0.2, 0.25) is 0 Å². The quantitative estimate of drug-likeness (QED) is 0.679. The van der Waals surface area contributed by atoms with Crippen LogP contribution in [0.4, 0.5) is 0 Å². The van der Waals surface area contributed by atoms with Gasteiger partial charge in [0, 0.05) is 4.88 Å². The number of benzene rings is 1. The van der Waals surface area contributed by atoms with Crippen molar-refractivity contribution < 1.29 is 19.1 Å². The highest BCUT2D eigenvalue weighted by atomic mass is 32.1. The van der Waals surface area contributed by atoms with Gasteiger partial charge in [-0.3, -0.25) is 4.79 Å². The standard InChI is InChI=1S/C20H18N2O5S/c1-26-19(24)11-6-8-12(9-7-11)20(25)27-10-15-21-17(23)16-13-4-2-3-5-14(13)28-18(16)22-15/h6-9H,2-5,10H2,1H3,(H,21,22,23). The molecule has 28 heavy (non-hydrogen) atoms. The predicted molar refractivity (Wildman–Crippen MR) is 104 cm³/mol. The summed E-state index contributed by atoms with van der Waals surface area (Å²) >= 11 is 1.55. The van der Waals surface area contributed by atoms with Crippen molar-refractivity contribution in [2.75, 3.05) is 7.11 Å². The highest BCUT2D eigenvalue weighted by Crippen LogP contribution is 2.33. The van der Waals surface area contributed by atoms with Crippen molar-refractivity contribution in [3.63, 3.8) is 0 Å². The normalized spacial score (nSPS) is 13.2. The van der Waals surface area contributed by atoms with Gasteiger partial charge >= 0.3 is 11.9 Å². The van der Waals surface area contributed by atoms with E-state index in [1.54, 1.807) is 11.3 Å². The largest absolute Gasteiger partial charge is 0.465 e. The van der Waals surface area contributed by atoms with Crippen molar-refractivity contribution in [1.29, 1.82) is 0 Å². The average Bonchev–Trinajstić information content (AvgIpc) is 3.10. The van der Waals surface area contributed by atoms with Gasteiger partial charge in [0.1, 0.15) is 17.3 Å². The number of hydrogen-bond donors (Lipinski definition) is 1. The van der Waals surface area contributed by atoms with Crippen LogP contribution in [0.5, 0.6) is 0 Å². The topological polar surface area (TPSA) is 98.3 Å². The molecule has 1 N–H and O–H groups in total. The molecule has 1 aliphatic carbocycles. The van der Waals surface area contributed by atoms with E-state index in [-0.39, 0.29) is 12.2 Å². The van der Waals surface area contributed by atoms with E-state index in [1.807, 2.05) is 0 Å². The van der Waals surface area contributed by atoms with Gasteiger partial charge in [0.05, 0.1) is 23.6 Å². The van der Waals surface area contributed by atoms with E-state index >= 15 is 0 Å². The van der Waals surface area contributed by atoms with Crippen molar-refractivity contribution in [2.24, 2.45) is 0 Å². The van der Waals surface area contributed by atoms with Gasteiger partial charge in [-0.05, 0) is 55.5 Å². The highest BCUT2D eigenvalue weighted by Gasteiger charge is 2.20. The van der Waals surface area contributed by atoms with Crippen LogP contribution in [0.25, 0.3) is 10.2 Å². The zero-order valence-electron chi connectivity index (χ0n) is 15.2. The third-order valence-electron chi connectivity index (χ3n) is 4.76.